The molecule has 0 amide bonds. The van der Waals surface area contributed by atoms with Crippen LogP contribution in [0.2, 0.25) is 0 Å². The van der Waals surface area contributed by atoms with Gasteiger partial charge in [0.2, 0.25) is 0 Å². The molecule has 0 saturated heterocycles. The van der Waals surface area contributed by atoms with E-state index in [1.165, 1.54) is 96.2 Å². The van der Waals surface area contributed by atoms with Crippen molar-refractivity contribution < 1.29 is 18.9 Å². The molecule has 0 spiro atoms. The molecule has 2 aromatic rings. The van der Waals surface area contributed by atoms with Crippen LogP contribution in [0.25, 0.3) is 0 Å². The summed E-state index contributed by atoms with van der Waals surface area (Å²) in [6.07, 6.45) is 21.6. The van der Waals surface area contributed by atoms with Crippen LogP contribution in [0.3, 0.4) is 0 Å². The lowest BCUT2D eigenvalue weighted by Crippen LogP contribution is -2.14. The zero-order valence-corrected chi connectivity index (χ0v) is 27.8. The van der Waals surface area contributed by atoms with Crippen molar-refractivity contribution in [3.8, 4) is 23.0 Å². The summed E-state index contributed by atoms with van der Waals surface area (Å²) < 4.78 is 24.1. The Morgan fingerprint density at radius 1 is 0.488 bits per heavy atom. The Bertz CT molecular complexity index is 921. The predicted molar refractivity (Wildman–Crippen MR) is 182 cm³/mol. The molecule has 2 rings (SSSR count). The zero-order chi connectivity index (χ0) is 31.0. The van der Waals surface area contributed by atoms with Crippen molar-refractivity contribution in [2.24, 2.45) is 0 Å². The van der Waals surface area contributed by atoms with E-state index in [1.54, 1.807) is 0 Å². The summed E-state index contributed by atoms with van der Waals surface area (Å²) in [6.45, 7) is 10.9. The Hall–Kier alpha value is -2.89. The summed E-state index contributed by atoms with van der Waals surface area (Å²) in [6, 6.07) is 11.8. The maximum absolute atomic E-state index is 8.20. The highest BCUT2D eigenvalue weighted by molar-refractivity contribution is 5.89. The second-order valence-electron chi connectivity index (χ2n) is 11.3. The Kier molecular flexibility index (Phi) is 19.9. The molecule has 0 atom stereocenters. The highest BCUT2D eigenvalue weighted by Gasteiger charge is 2.15. The Morgan fingerprint density at radius 2 is 0.860 bits per heavy atom. The number of nitrogens with one attached hydrogen (secondary N) is 1. The lowest BCUT2D eigenvalue weighted by Gasteiger charge is -2.23. The lowest BCUT2D eigenvalue weighted by molar-refractivity contribution is 0.270. The van der Waals surface area contributed by atoms with Gasteiger partial charge in [-0.15, -0.1) is 0 Å². The van der Waals surface area contributed by atoms with Crippen molar-refractivity contribution in [2.75, 3.05) is 31.3 Å². The third-order valence-electron chi connectivity index (χ3n) is 7.65. The van der Waals surface area contributed by atoms with Crippen molar-refractivity contribution in [2.45, 2.75) is 130 Å². The third kappa shape index (κ3) is 14.4. The number of ether oxygens (including phenoxy) is 4. The molecule has 1 N–H and O–H groups in total. The lowest BCUT2D eigenvalue weighted by atomic mass is 10.1. The number of benzene rings is 2. The van der Waals surface area contributed by atoms with Crippen molar-refractivity contribution in [1.82, 2.24) is 0 Å². The minimum Gasteiger partial charge on any atom is -0.490 e. The molecule has 43 heavy (non-hydrogen) atoms. The summed E-state index contributed by atoms with van der Waals surface area (Å²) in [5.74, 6) is 2.89. The number of hydrogen-bond acceptors (Lipinski definition) is 5. The normalized spacial score (nSPS) is 10.9. The fourth-order valence-corrected chi connectivity index (χ4v) is 5.20. The van der Waals surface area contributed by atoms with Crippen molar-refractivity contribution >= 4 is 17.7 Å². The second-order valence-corrected chi connectivity index (χ2v) is 11.3. The number of hydrogen-bond donors (Lipinski definition) is 1. The smallest absolute Gasteiger partial charge is 0.163 e. The van der Waals surface area contributed by atoms with E-state index >= 15 is 0 Å². The van der Waals surface area contributed by atoms with Crippen LogP contribution in [0, 0.1) is 5.41 Å². The van der Waals surface area contributed by atoms with Crippen LogP contribution < -0.4 is 23.8 Å². The SMILES string of the molecule is CCCCCCCCCCOc1ccc(N(C=N)c2ccc(OCCCCCCCCCC)c(OCC)c2)cc1OCC. The largest absolute Gasteiger partial charge is 0.490 e. The number of anilines is 2. The minimum atomic E-state index is 0.543. The summed E-state index contributed by atoms with van der Waals surface area (Å²) in [4.78, 5) is 1.82. The predicted octanol–water partition coefficient (Wildman–Crippen LogP) is 11.3. The molecule has 0 fully saturated rings. The fourth-order valence-electron chi connectivity index (χ4n) is 5.20. The molecular weight excluding hydrogens is 536 g/mol. The number of nitrogens with zero attached hydrogens (tertiary/aromatic N) is 1. The standard InChI is InChI=1S/C37H60N2O4/c1-5-9-11-13-15-17-19-21-27-42-34-25-23-32(29-36(34)40-7-3)39(31-38)33-24-26-35(37(30-33)41-8-4)43-28-22-20-18-16-14-12-10-6-2/h23-26,29-31,38H,5-22,27-28H2,1-4H3. The van der Waals surface area contributed by atoms with Gasteiger partial charge in [-0.25, -0.2) is 0 Å². The van der Waals surface area contributed by atoms with Crippen molar-refractivity contribution in [1.29, 1.82) is 5.41 Å². The van der Waals surface area contributed by atoms with E-state index in [1.807, 2.05) is 55.1 Å². The molecule has 0 bridgehead atoms. The van der Waals surface area contributed by atoms with Gasteiger partial charge in [0.05, 0.1) is 44.1 Å². The van der Waals surface area contributed by atoms with E-state index in [4.69, 9.17) is 24.4 Å². The Labute approximate surface area is 263 Å². The molecule has 2 aromatic carbocycles. The average Bonchev–Trinajstić information content (AvgIpc) is 3.02. The van der Waals surface area contributed by atoms with E-state index < -0.39 is 0 Å². The van der Waals surface area contributed by atoms with E-state index in [0.717, 1.165) is 35.7 Å². The molecule has 0 unspecified atom stereocenters. The first-order valence-corrected chi connectivity index (χ1v) is 17.3. The van der Waals surface area contributed by atoms with Gasteiger partial charge in [0.1, 0.15) is 0 Å². The van der Waals surface area contributed by atoms with Gasteiger partial charge in [-0.2, -0.15) is 0 Å². The van der Waals surface area contributed by atoms with Gasteiger partial charge in [0.15, 0.2) is 23.0 Å². The van der Waals surface area contributed by atoms with Gasteiger partial charge in [-0.3, -0.25) is 5.41 Å². The molecule has 0 heterocycles. The monoisotopic (exact) mass is 596 g/mol. The van der Waals surface area contributed by atoms with E-state index in [0.29, 0.717) is 37.9 Å². The van der Waals surface area contributed by atoms with E-state index in [9.17, 15) is 0 Å². The number of unbranched alkanes of at least 4 members (excludes halogenated alkanes) is 14. The van der Waals surface area contributed by atoms with Crippen LogP contribution in [0.5, 0.6) is 23.0 Å². The molecule has 0 radical (unpaired) electrons. The van der Waals surface area contributed by atoms with Crippen molar-refractivity contribution in [3.05, 3.63) is 36.4 Å². The maximum Gasteiger partial charge on any atom is 0.163 e. The Balaban J connectivity index is 1.96. The van der Waals surface area contributed by atoms with Crippen LogP contribution in [-0.2, 0) is 0 Å². The van der Waals surface area contributed by atoms with Crippen LogP contribution in [0.1, 0.15) is 130 Å². The quantitative estimate of drug-likeness (QED) is 0.0631. The van der Waals surface area contributed by atoms with E-state index in [-0.39, 0.29) is 0 Å². The van der Waals surface area contributed by atoms with Gasteiger partial charge in [-0.1, -0.05) is 104 Å². The minimum absolute atomic E-state index is 0.543. The molecule has 6 heteroatoms. The summed E-state index contributed by atoms with van der Waals surface area (Å²) in [7, 11) is 0. The second kappa shape index (κ2) is 23.6. The van der Waals surface area contributed by atoms with E-state index in [2.05, 4.69) is 13.8 Å². The highest BCUT2D eigenvalue weighted by Crippen LogP contribution is 2.38. The van der Waals surface area contributed by atoms with Crippen LogP contribution in [0.4, 0.5) is 11.4 Å². The average molecular weight is 597 g/mol. The topological polar surface area (TPSA) is 64.0 Å². The first kappa shape index (κ1) is 36.3. The third-order valence-corrected chi connectivity index (χ3v) is 7.65. The molecule has 0 aliphatic rings. The van der Waals surface area contributed by atoms with Crippen LogP contribution >= 0.6 is 0 Å². The summed E-state index contributed by atoms with van der Waals surface area (Å²) in [5.41, 5.74) is 1.65. The first-order valence-electron chi connectivity index (χ1n) is 17.3. The molecule has 242 valence electrons. The highest BCUT2D eigenvalue weighted by atomic mass is 16.5. The summed E-state index contributed by atoms with van der Waals surface area (Å²) in [5, 5.41) is 8.20. The first-order chi connectivity index (χ1) is 21.2. The van der Waals surface area contributed by atoms with Crippen molar-refractivity contribution in [3.63, 3.8) is 0 Å². The maximum atomic E-state index is 8.20. The molecule has 0 saturated carbocycles. The fraction of sp³-hybridized carbons (Fsp3) is 0.649. The van der Waals surface area contributed by atoms with Gasteiger partial charge in [-0.05, 0) is 51.0 Å². The molecular formula is C37H60N2O4. The molecule has 6 nitrogen and oxygen atoms in total. The van der Waals surface area contributed by atoms with Gasteiger partial charge < -0.3 is 23.8 Å². The van der Waals surface area contributed by atoms with Gasteiger partial charge >= 0.3 is 0 Å². The summed E-state index contributed by atoms with van der Waals surface area (Å²) >= 11 is 0. The van der Waals surface area contributed by atoms with Gasteiger partial charge in [0, 0.05) is 12.1 Å². The van der Waals surface area contributed by atoms with Gasteiger partial charge in [0.25, 0.3) is 0 Å². The molecule has 0 aliphatic heterocycles. The zero-order valence-electron chi connectivity index (χ0n) is 27.8. The van der Waals surface area contributed by atoms with Crippen LogP contribution in [-0.4, -0.2) is 32.8 Å². The Morgan fingerprint density at radius 3 is 1.21 bits per heavy atom. The molecule has 0 aliphatic carbocycles. The molecule has 0 aromatic heterocycles. The van der Waals surface area contributed by atoms with Crippen LogP contribution in [0.15, 0.2) is 36.4 Å². The number of rotatable bonds is 27.